The summed E-state index contributed by atoms with van der Waals surface area (Å²) >= 11 is 0. The number of esters is 1. The lowest BCUT2D eigenvalue weighted by Crippen LogP contribution is -2.49. The molecule has 0 aliphatic heterocycles. The molecule has 3 heteroatoms. The maximum atomic E-state index is 11.5. The molecule has 0 aromatic rings. The fourth-order valence-corrected chi connectivity index (χ4v) is 2.80. The van der Waals surface area contributed by atoms with Crippen molar-refractivity contribution in [1.82, 2.24) is 5.32 Å². The average molecular weight is 227 g/mol. The van der Waals surface area contributed by atoms with E-state index in [0.29, 0.717) is 12.3 Å². The molecule has 1 saturated carbocycles. The molecule has 0 spiro atoms. The van der Waals surface area contributed by atoms with Crippen molar-refractivity contribution in [3.63, 3.8) is 0 Å². The van der Waals surface area contributed by atoms with Crippen LogP contribution < -0.4 is 5.32 Å². The minimum atomic E-state index is -0.0984. The smallest absolute Gasteiger partial charge is 0.307 e. The van der Waals surface area contributed by atoms with E-state index in [0.717, 1.165) is 18.8 Å². The molecule has 2 unspecified atom stereocenters. The van der Waals surface area contributed by atoms with Gasteiger partial charge in [-0.1, -0.05) is 26.7 Å². The standard InChI is InChI=1S/C13H25NO2/c1-10(2)11-6-5-7-13(8-11,14-3)9-12(15)16-4/h10-11,14H,5-9H2,1-4H3. The topological polar surface area (TPSA) is 38.3 Å². The van der Waals surface area contributed by atoms with Crippen molar-refractivity contribution in [2.45, 2.75) is 51.5 Å². The van der Waals surface area contributed by atoms with Crippen LogP contribution in [0.2, 0.25) is 0 Å². The van der Waals surface area contributed by atoms with Gasteiger partial charge in [0.1, 0.15) is 0 Å². The van der Waals surface area contributed by atoms with E-state index in [1.165, 1.54) is 20.0 Å². The van der Waals surface area contributed by atoms with Crippen molar-refractivity contribution in [2.24, 2.45) is 11.8 Å². The summed E-state index contributed by atoms with van der Waals surface area (Å²) < 4.78 is 4.80. The van der Waals surface area contributed by atoms with Crippen LogP contribution in [0, 0.1) is 11.8 Å². The molecule has 0 heterocycles. The van der Waals surface area contributed by atoms with Gasteiger partial charge < -0.3 is 10.1 Å². The van der Waals surface area contributed by atoms with E-state index in [9.17, 15) is 4.79 Å². The number of carbonyl (C=O) groups excluding carboxylic acids is 1. The van der Waals surface area contributed by atoms with Gasteiger partial charge in [-0.2, -0.15) is 0 Å². The molecule has 0 saturated heterocycles. The van der Waals surface area contributed by atoms with Gasteiger partial charge in [-0.05, 0) is 31.7 Å². The van der Waals surface area contributed by atoms with Crippen LogP contribution in [-0.4, -0.2) is 25.7 Å². The van der Waals surface area contributed by atoms with Gasteiger partial charge in [-0.15, -0.1) is 0 Å². The van der Waals surface area contributed by atoms with Gasteiger partial charge in [0.25, 0.3) is 0 Å². The lowest BCUT2D eigenvalue weighted by atomic mass is 9.70. The van der Waals surface area contributed by atoms with E-state index in [4.69, 9.17) is 4.74 Å². The molecule has 1 N–H and O–H groups in total. The van der Waals surface area contributed by atoms with Crippen molar-refractivity contribution in [1.29, 1.82) is 0 Å². The van der Waals surface area contributed by atoms with E-state index in [-0.39, 0.29) is 11.5 Å². The SMILES string of the molecule is CNC1(CC(=O)OC)CCCC(C(C)C)C1. The van der Waals surface area contributed by atoms with Crippen molar-refractivity contribution >= 4 is 5.97 Å². The molecule has 94 valence electrons. The number of carbonyl (C=O) groups is 1. The van der Waals surface area contributed by atoms with Crippen molar-refractivity contribution < 1.29 is 9.53 Å². The Hall–Kier alpha value is -0.570. The third-order valence-electron chi connectivity index (χ3n) is 4.07. The van der Waals surface area contributed by atoms with Gasteiger partial charge in [-0.25, -0.2) is 0 Å². The van der Waals surface area contributed by atoms with Crippen molar-refractivity contribution in [3.8, 4) is 0 Å². The van der Waals surface area contributed by atoms with Gasteiger partial charge in [0.2, 0.25) is 0 Å². The minimum Gasteiger partial charge on any atom is -0.469 e. The number of ether oxygens (including phenoxy) is 1. The number of rotatable bonds is 4. The molecular formula is C13H25NO2. The Balaban J connectivity index is 2.67. The van der Waals surface area contributed by atoms with Crippen LogP contribution in [0.5, 0.6) is 0 Å². The van der Waals surface area contributed by atoms with Gasteiger partial charge in [0.05, 0.1) is 13.5 Å². The first-order valence-corrected chi connectivity index (χ1v) is 6.29. The third-order valence-corrected chi connectivity index (χ3v) is 4.07. The van der Waals surface area contributed by atoms with E-state index in [1.807, 2.05) is 7.05 Å². The average Bonchev–Trinajstić information content (AvgIpc) is 2.29. The Morgan fingerprint density at radius 1 is 1.56 bits per heavy atom. The molecule has 0 bridgehead atoms. The second kappa shape index (κ2) is 5.67. The molecule has 1 fully saturated rings. The maximum absolute atomic E-state index is 11.5. The molecule has 1 rings (SSSR count). The first-order chi connectivity index (χ1) is 7.53. The van der Waals surface area contributed by atoms with Gasteiger partial charge in [-0.3, -0.25) is 4.79 Å². The predicted molar refractivity (Wildman–Crippen MR) is 65.2 cm³/mol. The normalized spacial score (nSPS) is 30.4. The summed E-state index contributed by atoms with van der Waals surface area (Å²) in [6.45, 7) is 4.54. The summed E-state index contributed by atoms with van der Waals surface area (Å²) in [6.07, 6.45) is 5.18. The number of hydrogen-bond acceptors (Lipinski definition) is 3. The number of methoxy groups -OCH3 is 1. The fourth-order valence-electron chi connectivity index (χ4n) is 2.80. The van der Waals surface area contributed by atoms with Crippen LogP contribution in [0.3, 0.4) is 0 Å². The first-order valence-electron chi connectivity index (χ1n) is 6.29. The van der Waals surface area contributed by atoms with E-state index < -0.39 is 0 Å². The van der Waals surface area contributed by atoms with Crippen LogP contribution in [-0.2, 0) is 9.53 Å². The van der Waals surface area contributed by atoms with E-state index in [2.05, 4.69) is 19.2 Å². The highest BCUT2D eigenvalue weighted by Crippen LogP contribution is 2.38. The highest BCUT2D eigenvalue weighted by molar-refractivity contribution is 5.70. The van der Waals surface area contributed by atoms with Crippen LogP contribution in [0.1, 0.15) is 46.0 Å². The summed E-state index contributed by atoms with van der Waals surface area (Å²) in [5.41, 5.74) is -0.0275. The lowest BCUT2D eigenvalue weighted by Gasteiger charge is -2.41. The quantitative estimate of drug-likeness (QED) is 0.749. The monoisotopic (exact) mass is 227 g/mol. The highest BCUT2D eigenvalue weighted by Gasteiger charge is 2.37. The van der Waals surface area contributed by atoms with Crippen molar-refractivity contribution in [3.05, 3.63) is 0 Å². The molecule has 1 aliphatic carbocycles. The molecule has 3 nitrogen and oxygen atoms in total. The highest BCUT2D eigenvalue weighted by atomic mass is 16.5. The molecule has 1 aliphatic rings. The molecule has 0 aromatic heterocycles. The van der Waals surface area contributed by atoms with Gasteiger partial charge in [0, 0.05) is 5.54 Å². The van der Waals surface area contributed by atoms with Crippen LogP contribution >= 0.6 is 0 Å². The summed E-state index contributed by atoms with van der Waals surface area (Å²) in [4.78, 5) is 11.5. The van der Waals surface area contributed by atoms with E-state index >= 15 is 0 Å². The molecule has 16 heavy (non-hydrogen) atoms. The Kier molecular flexibility index (Phi) is 4.78. The molecule has 0 radical (unpaired) electrons. The van der Waals surface area contributed by atoms with Crippen LogP contribution in [0.15, 0.2) is 0 Å². The minimum absolute atomic E-state index is 0.0275. The Morgan fingerprint density at radius 2 is 2.25 bits per heavy atom. The van der Waals surface area contributed by atoms with Crippen LogP contribution in [0.25, 0.3) is 0 Å². The van der Waals surface area contributed by atoms with Crippen LogP contribution in [0.4, 0.5) is 0 Å². The number of nitrogens with one attached hydrogen (secondary N) is 1. The second-order valence-electron chi connectivity index (χ2n) is 5.38. The fraction of sp³-hybridized carbons (Fsp3) is 0.923. The first kappa shape index (κ1) is 13.5. The lowest BCUT2D eigenvalue weighted by molar-refractivity contribution is -0.143. The Bertz CT molecular complexity index is 240. The summed E-state index contributed by atoms with van der Waals surface area (Å²) in [5, 5.41) is 3.37. The largest absolute Gasteiger partial charge is 0.469 e. The third kappa shape index (κ3) is 3.21. The zero-order valence-corrected chi connectivity index (χ0v) is 11.0. The van der Waals surface area contributed by atoms with Gasteiger partial charge in [0.15, 0.2) is 0 Å². The number of hydrogen-bond donors (Lipinski definition) is 1. The molecule has 2 atom stereocenters. The predicted octanol–water partition coefficient (Wildman–Crippen LogP) is 2.35. The van der Waals surface area contributed by atoms with Crippen molar-refractivity contribution in [2.75, 3.05) is 14.2 Å². The second-order valence-corrected chi connectivity index (χ2v) is 5.38. The summed E-state index contributed by atoms with van der Waals surface area (Å²) in [5.74, 6) is 1.33. The zero-order chi connectivity index (χ0) is 12.2. The Labute approximate surface area is 98.9 Å². The van der Waals surface area contributed by atoms with E-state index in [1.54, 1.807) is 0 Å². The molecular weight excluding hydrogens is 202 g/mol. The molecule has 0 amide bonds. The zero-order valence-electron chi connectivity index (χ0n) is 11.0. The summed E-state index contributed by atoms with van der Waals surface area (Å²) in [7, 11) is 3.43. The van der Waals surface area contributed by atoms with Gasteiger partial charge >= 0.3 is 5.97 Å². The maximum Gasteiger partial charge on any atom is 0.307 e. The Morgan fingerprint density at radius 3 is 2.75 bits per heavy atom. The summed E-state index contributed by atoms with van der Waals surface area (Å²) in [6, 6.07) is 0. The molecule has 0 aromatic carbocycles.